The van der Waals surface area contributed by atoms with Gasteiger partial charge in [-0.25, -0.2) is 4.39 Å². The van der Waals surface area contributed by atoms with Crippen LogP contribution in [0.5, 0.6) is 5.75 Å². The lowest BCUT2D eigenvalue weighted by molar-refractivity contribution is 0.409. The largest absolute Gasteiger partial charge is 0.497 e. The number of aryl methyl sites for hydroxylation is 1. The fourth-order valence-electron chi connectivity index (χ4n) is 2.04. The Kier molecular flexibility index (Phi) is 4.62. The lowest BCUT2D eigenvalue weighted by Gasteiger charge is -2.17. The van der Waals surface area contributed by atoms with Crippen LogP contribution in [0.2, 0.25) is 0 Å². The molecule has 2 aromatic rings. The van der Waals surface area contributed by atoms with Gasteiger partial charge in [-0.1, -0.05) is 13.0 Å². The summed E-state index contributed by atoms with van der Waals surface area (Å²) < 4.78 is 19.1. The molecule has 0 spiro atoms. The van der Waals surface area contributed by atoms with Crippen molar-refractivity contribution in [1.29, 1.82) is 0 Å². The Hall–Kier alpha value is -2.02. The summed E-state index contributed by atoms with van der Waals surface area (Å²) in [6.07, 6.45) is 0.477. The van der Waals surface area contributed by atoms with E-state index in [1.165, 1.54) is 18.0 Å². The Morgan fingerprint density at radius 3 is 2.80 bits per heavy atom. The van der Waals surface area contributed by atoms with Crippen LogP contribution >= 0.6 is 0 Å². The van der Waals surface area contributed by atoms with Gasteiger partial charge in [-0.15, -0.1) is 10.2 Å². The zero-order valence-electron chi connectivity index (χ0n) is 11.8. The molecule has 1 unspecified atom stereocenters. The van der Waals surface area contributed by atoms with Crippen LogP contribution in [-0.2, 0) is 13.5 Å². The van der Waals surface area contributed by atoms with E-state index in [0.717, 1.165) is 6.54 Å². The van der Waals surface area contributed by atoms with E-state index in [4.69, 9.17) is 4.74 Å². The van der Waals surface area contributed by atoms with E-state index in [9.17, 15) is 4.39 Å². The van der Waals surface area contributed by atoms with Crippen LogP contribution in [0.15, 0.2) is 18.2 Å². The van der Waals surface area contributed by atoms with E-state index >= 15 is 0 Å². The Morgan fingerprint density at radius 2 is 2.25 bits per heavy atom. The van der Waals surface area contributed by atoms with Crippen LogP contribution in [0.25, 0.3) is 0 Å². The number of nitrogens with one attached hydrogen (secondary N) is 1. The molecular formula is C13H18FN5O. The van der Waals surface area contributed by atoms with E-state index < -0.39 is 0 Å². The van der Waals surface area contributed by atoms with Crippen LogP contribution in [0.4, 0.5) is 4.39 Å². The number of likely N-dealkylation sites (N-methyl/N-ethyl adjacent to an activating group) is 1. The molecule has 20 heavy (non-hydrogen) atoms. The molecule has 2 rings (SSSR count). The van der Waals surface area contributed by atoms with Crippen LogP contribution in [-0.4, -0.2) is 33.9 Å². The van der Waals surface area contributed by atoms with Crippen molar-refractivity contribution in [1.82, 2.24) is 25.5 Å². The number of nitrogens with zero attached hydrogens (tertiary/aromatic N) is 4. The standard InChI is InChI=1S/C13H18FN5O/c1-4-15-12(8-13-16-18-19(2)17-13)10-6-5-9(20-3)7-11(10)14/h5-7,12,15H,4,8H2,1-3H3. The van der Waals surface area contributed by atoms with Gasteiger partial charge in [0.2, 0.25) is 0 Å². The number of hydrogen-bond donors (Lipinski definition) is 1. The third-order valence-electron chi connectivity index (χ3n) is 2.97. The molecule has 1 N–H and O–H groups in total. The predicted octanol–water partition coefficient (Wildman–Crippen LogP) is 1.25. The number of benzene rings is 1. The van der Waals surface area contributed by atoms with Gasteiger partial charge in [-0.2, -0.15) is 4.80 Å². The summed E-state index contributed by atoms with van der Waals surface area (Å²) in [5.74, 6) is 0.770. The Balaban J connectivity index is 2.23. The maximum absolute atomic E-state index is 14.1. The molecule has 7 heteroatoms. The van der Waals surface area contributed by atoms with E-state index in [0.29, 0.717) is 23.6 Å². The van der Waals surface area contributed by atoms with Gasteiger partial charge < -0.3 is 10.1 Å². The average Bonchev–Trinajstić information content (AvgIpc) is 2.83. The Morgan fingerprint density at radius 1 is 1.45 bits per heavy atom. The third-order valence-corrected chi connectivity index (χ3v) is 2.97. The molecule has 0 fully saturated rings. The molecule has 0 amide bonds. The molecule has 1 aromatic heterocycles. The predicted molar refractivity (Wildman–Crippen MR) is 71.9 cm³/mol. The monoisotopic (exact) mass is 279 g/mol. The molecule has 0 bridgehead atoms. The lowest BCUT2D eigenvalue weighted by atomic mass is 10.0. The second kappa shape index (κ2) is 6.42. The van der Waals surface area contributed by atoms with Gasteiger partial charge in [0.1, 0.15) is 11.6 Å². The lowest BCUT2D eigenvalue weighted by Crippen LogP contribution is -2.24. The fourth-order valence-corrected chi connectivity index (χ4v) is 2.04. The molecule has 0 aliphatic rings. The van der Waals surface area contributed by atoms with Gasteiger partial charge in [-0.3, -0.25) is 0 Å². The fraction of sp³-hybridized carbons (Fsp3) is 0.462. The van der Waals surface area contributed by atoms with Crippen LogP contribution in [0.1, 0.15) is 24.4 Å². The van der Waals surface area contributed by atoms with Crippen molar-refractivity contribution in [2.24, 2.45) is 7.05 Å². The van der Waals surface area contributed by atoms with Crippen LogP contribution in [0, 0.1) is 5.82 Å². The number of aromatic nitrogens is 4. The van der Waals surface area contributed by atoms with Gasteiger partial charge in [0, 0.05) is 24.1 Å². The molecular weight excluding hydrogens is 261 g/mol. The highest BCUT2D eigenvalue weighted by atomic mass is 19.1. The maximum Gasteiger partial charge on any atom is 0.176 e. The third kappa shape index (κ3) is 3.30. The Labute approximate surface area is 116 Å². The molecule has 0 aliphatic heterocycles. The average molecular weight is 279 g/mol. The molecule has 6 nitrogen and oxygen atoms in total. The van der Waals surface area contributed by atoms with Crippen molar-refractivity contribution in [2.75, 3.05) is 13.7 Å². The summed E-state index contributed by atoms with van der Waals surface area (Å²) in [7, 11) is 3.21. The number of methoxy groups -OCH3 is 1. The van der Waals surface area contributed by atoms with E-state index in [1.807, 2.05) is 6.92 Å². The molecule has 0 saturated heterocycles. The van der Waals surface area contributed by atoms with Gasteiger partial charge >= 0.3 is 0 Å². The summed E-state index contributed by atoms with van der Waals surface area (Å²) in [6, 6.07) is 4.64. The topological polar surface area (TPSA) is 64.9 Å². The zero-order chi connectivity index (χ0) is 14.5. The molecule has 108 valence electrons. The van der Waals surface area contributed by atoms with Crippen molar-refractivity contribution in [2.45, 2.75) is 19.4 Å². The molecule has 0 radical (unpaired) electrons. The summed E-state index contributed by atoms with van der Waals surface area (Å²) >= 11 is 0. The van der Waals surface area contributed by atoms with Gasteiger partial charge in [0.25, 0.3) is 0 Å². The van der Waals surface area contributed by atoms with E-state index in [2.05, 4.69) is 20.7 Å². The summed E-state index contributed by atoms with van der Waals surface area (Å²) in [4.78, 5) is 1.39. The maximum atomic E-state index is 14.1. The first-order valence-electron chi connectivity index (χ1n) is 6.43. The van der Waals surface area contributed by atoms with Crippen molar-refractivity contribution < 1.29 is 9.13 Å². The Bertz CT molecular complexity index is 572. The van der Waals surface area contributed by atoms with Crippen molar-refractivity contribution in [3.8, 4) is 5.75 Å². The van der Waals surface area contributed by atoms with Crippen molar-refractivity contribution >= 4 is 0 Å². The zero-order valence-corrected chi connectivity index (χ0v) is 11.8. The smallest absolute Gasteiger partial charge is 0.176 e. The number of tetrazole rings is 1. The highest BCUT2D eigenvalue weighted by Crippen LogP contribution is 2.23. The van der Waals surface area contributed by atoms with E-state index in [-0.39, 0.29) is 11.9 Å². The minimum atomic E-state index is -0.306. The number of halogens is 1. The molecule has 0 aliphatic carbocycles. The summed E-state index contributed by atoms with van der Waals surface area (Å²) in [6.45, 7) is 2.69. The van der Waals surface area contributed by atoms with Crippen molar-refractivity contribution in [3.63, 3.8) is 0 Å². The molecule has 0 saturated carbocycles. The minimum Gasteiger partial charge on any atom is -0.497 e. The van der Waals surface area contributed by atoms with Crippen LogP contribution in [0.3, 0.4) is 0 Å². The SMILES string of the molecule is CCNC(Cc1nnn(C)n1)c1ccc(OC)cc1F. The second-order valence-corrected chi connectivity index (χ2v) is 4.40. The van der Waals surface area contributed by atoms with Crippen molar-refractivity contribution in [3.05, 3.63) is 35.4 Å². The van der Waals surface area contributed by atoms with Gasteiger partial charge in [-0.05, 0) is 17.8 Å². The van der Waals surface area contributed by atoms with Gasteiger partial charge in [0.15, 0.2) is 5.82 Å². The minimum absolute atomic E-state index is 0.199. The first-order chi connectivity index (χ1) is 9.63. The normalized spacial score (nSPS) is 12.4. The number of hydrogen-bond acceptors (Lipinski definition) is 5. The molecule has 1 heterocycles. The quantitative estimate of drug-likeness (QED) is 0.862. The second-order valence-electron chi connectivity index (χ2n) is 4.40. The highest BCUT2D eigenvalue weighted by molar-refractivity contribution is 5.31. The highest BCUT2D eigenvalue weighted by Gasteiger charge is 2.18. The number of ether oxygens (including phenoxy) is 1. The van der Waals surface area contributed by atoms with E-state index in [1.54, 1.807) is 19.2 Å². The first kappa shape index (κ1) is 14.4. The molecule has 1 aromatic carbocycles. The van der Waals surface area contributed by atoms with Gasteiger partial charge in [0.05, 0.1) is 14.2 Å². The number of rotatable bonds is 6. The summed E-state index contributed by atoms with van der Waals surface area (Å²) in [5.41, 5.74) is 0.570. The molecule has 1 atom stereocenters. The first-order valence-corrected chi connectivity index (χ1v) is 6.43. The van der Waals surface area contributed by atoms with Crippen LogP contribution < -0.4 is 10.1 Å². The summed E-state index contributed by atoms with van der Waals surface area (Å²) in [5, 5.41) is 15.1.